The second kappa shape index (κ2) is 11.1. The SMILES string of the molecule is COc1ccc(-n2c3ccccc3c3cc(/C=C\c4ccc(N(c5ccccc5)c5ccccc5)cc4)ccc32)cc1. The molecule has 1 heterocycles. The lowest BCUT2D eigenvalue weighted by Gasteiger charge is -2.25. The standard InChI is InChI=1S/C39H30N2O/c1-42-35-25-23-34(24-26-35)41-38-15-9-8-14-36(38)37-28-30(20-27-39(37)41)17-16-29-18-21-33(22-19-29)40(31-10-4-2-5-11-31)32-12-6-3-7-13-32/h2-28H,1H3/b17-16-. The molecule has 6 aromatic carbocycles. The van der Waals surface area contributed by atoms with E-state index in [0.29, 0.717) is 0 Å². The van der Waals surface area contributed by atoms with Gasteiger partial charge in [0.2, 0.25) is 0 Å². The maximum Gasteiger partial charge on any atom is 0.119 e. The predicted molar refractivity (Wildman–Crippen MR) is 177 cm³/mol. The highest BCUT2D eigenvalue weighted by Crippen LogP contribution is 2.35. The highest BCUT2D eigenvalue weighted by molar-refractivity contribution is 6.10. The third-order valence-electron chi connectivity index (χ3n) is 7.68. The smallest absolute Gasteiger partial charge is 0.119 e. The van der Waals surface area contributed by atoms with Crippen molar-refractivity contribution < 1.29 is 4.74 Å². The molecule has 0 amide bonds. The van der Waals surface area contributed by atoms with Crippen molar-refractivity contribution in [3.63, 3.8) is 0 Å². The van der Waals surface area contributed by atoms with Crippen LogP contribution in [0, 0.1) is 0 Å². The van der Waals surface area contributed by atoms with Gasteiger partial charge in [-0.15, -0.1) is 0 Å². The molecule has 0 aliphatic carbocycles. The Hall–Kier alpha value is -5.54. The molecule has 202 valence electrons. The lowest BCUT2D eigenvalue weighted by atomic mass is 10.1. The van der Waals surface area contributed by atoms with Gasteiger partial charge in [0.15, 0.2) is 0 Å². The molecule has 3 heteroatoms. The summed E-state index contributed by atoms with van der Waals surface area (Å²) in [4.78, 5) is 2.28. The topological polar surface area (TPSA) is 17.4 Å². The summed E-state index contributed by atoms with van der Waals surface area (Å²) in [6.07, 6.45) is 4.38. The lowest BCUT2D eigenvalue weighted by Crippen LogP contribution is -2.09. The van der Waals surface area contributed by atoms with Crippen LogP contribution in [0.2, 0.25) is 0 Å². The molecule has 0 saturated carbocycles. The van der Waals surface area contributed by atoms with Crippen LogP contribution in [-0.2, 0) is 0 Å². The number of fused-ring (bicyclic) bond motifs is 3. The minimum atomic E-state index is 0.854. The predicted octanol–water partition coefficient (Wildman–Crippen LogP) is 10.4. The zero-order valence-corrected chi connectivity index (χ0v) is 23.4. The molecule has 0 saturated heterocycles. The van der Waals surface area contributed by atoms with Crippen LogP contribution in [0.3, 0.4) is 0 Å². The quantitative estimate of drug-likeness (QED) is 0.186. The Morgan fingerprint density at radius 2 is 1.05 bits per heavy atom. The normalized spacial score (nSPS) is 11.4. The van der Waals surface area contributed by atoms with Crippen LogP contribution < -0.4 is 9.64 Å². The molecule has 0 unspecified atom stereocenters. The zero-order valence-electron chi connectivity index (χ0n) is 23.4. The number of rotatable bonds is 7. The summed E-state index contributed by atoms with van der Waals surface area (Å²) in [6.45, 7) is 0. The maximum absolute atomic E-state index is 5.38. The minimum Gasteiger partial charge on any atom is -0.497 e. The number of aromatic nitrogens is 1. The van der Waals surface area contributed by atoms with Gasteiger partial charge in [0, 0.05) is 33.5 Å². The summed E-state index contributed by atoms with van der Waals surface area (Å²) >= 11 is 0. The molecule has 42 heavy (non-hydrogen) atoms. The molecule has 0 atom stereocenters. The molecular weight excluding hydrogens is 512 g/mol. The van der Waals surface area contributed by atoms with Gasteiger partial charge in [-0.1, -0.05) is 84.9 Å². The van der Waals surface area contributed by atoms with Gasteiger partial charge >= 0.3 is 0 Å². The van der Waals surface area contributed by atoms with E-state index in [1.165, 1.54) is 27.4 Å². The van der Waals surface area contributed by atoms with Crippen LogP contribution in [0.4, 0.5) is 17.1 Å². The second-order valence-electron chi connectivity index (χ2n) is 10.3. The van der Waals surface area contributed by atoms with Crippen molar-refractivity contribution in [3.8, 4) is 11.4 Å². The fraction of sp³-hybridized carbons (Fsp3) is 0.0256. The van der Waals surface area contributed by atoms with Gasteiger partial charge < -0.3 is 14.2 Å². The number of hydrogen-bond donors (Lipinski definition) is 0. The van der Waals surface area contributed by atoms with Crippen molar-refractivity contribution in [1.29, 1.82) is 0 Å². The number of anilines is 3. The highest BCUT2D eigenvalue weighted by atomic mass is 16.5. The summed E-state index contributed by atoms with van der Waals surface area (Å²) in [7, 11) is 1.70. The average Bonchev–Trinajstić information content (AvgIpc) is 3.39. The summed E-state index contributed by atoms with van der Waals surface area (Å²) < 4.78 is 7.70. The Labute approximate surface area is 246 Å². The monoisotopic (exact) mass is 542 g/mol. The Kier molecular flexibility index (Phi) is 6.75. The van der Waals surface area contributed by atoms with Crippen molar-refractivity contribution in [1.82, 2.24) is 4.57 Å². The molecule has 0 fully saturated rings. The molecule has 0 aliphatic heterocycles. The molecule has 0 N–H and O–H groups in total. The van der Waals surface area contributed by atoms with Gasteiger partial charge in [0.25, 0.3) is 0 Å². The Morgan fingerprint density at radius 1 is 0.500 bits per heavy atom. The summed E-state index contributed by atoms with van der Waals surface area (Å²) in [5, 5.41) is 2.48. The third-order valence-corrected chi connectivity index (χ3v) is 7.68. The first-order chi connectivity index (χ1) is 20.8. The molecular formula is C39H30N2O. The van der Waals surface area contributed by atoms with Crippen LogP contribution >= 0.6 is 0 Å². The molecule has 1 aromatic heterocycles. The van der Waals surface area contributed by atoms with E-state index in [1.54, 1.807) is 7.11 Å². The van der Waals surface area contributed by atoms with Crippen molar-refractivity contribution in [2.24, 2.45) is 0 Å². The first-order valence-electron chi connectivity index (χ1n) is 14.1. The van der Waals surface area contributed by atoms with Gasteiger partial charge in [-0.05, 0) is 90.0 Å². The molecule has 7 aromatic rings. The van der Waals surface area contributed by atoms with E-state index in [9.17, 15) is 0 Å². The first-order valence-corrected chi connectivity index (χ1v) is 14.1. The molecule has 0 spiro atoms. The van der Waals surface area contributed by atoms with Gasteiger partial charge in [0.1, 0.15) is 5.75 Å². The van der Waals surface area contributed by atoms with Crippen LogP contribution in [0.5, 0.6) is 5.75 Å². The van der Waals surface area contributed by atoms with Gasteiger partial charge in [-0.3, -0.25) is 0 Å². The fourth-order valence-corrected chi connectivity index (χ4v) is 5.63. The van der Waals surface area contributed by atoms with Gasteiger partial charge in [-0.25, -0.2) is 0 Å². The summed E-state index contributed by atoms with van der Waals surface area (Å²) in [5.41, 5.74) is 9.20. The van der Waals surface area contributed by atoms with E-state index < -0.39 is 0 Å². The second-order valence-corrected chi connectivity index (χ2v) is 10.3. The van der Waals surface area contributed by atoms with Gasteiger partial charge in [-0.2, -0.15) is 0 Å². The van der Waals surface area contributed by atoms with Crippen molar-refractivity contribution in [2.45, 2.75) is 0 Å². The number of methoxy groups -OCH3 is 1. The molecule has 0 aliphatic rings. The first kappa shape index (κ1) is 25.4. The Morgan fingerprint density at radius 3 is 1.71 bits per heavy atom. The molecule has 3 nitrogen and oxygen atoms in total. The number of ether oxygens (including phenoxy) is 1. The Bertz CT molecular complexity index is 1950. The van der Waals surface area contributed by atoms with E-state index in [0.717, 1.165) is 34.1 Å². The van der Waals surface area contributed by atoms with Crippen molar-refractivity contribution in [2.75, 3.05) is 12.0 Å². The Balaban J connectivity index is 1.21. The summed E-state index contributed by atoms with van der Waals surface area (Å²) in [5.74, 6) is 0.854. The highest BCUT2D eigenvalue weighted by Gasteiger charge is 2.13. The number of hydrogen-bond acceptors (Lipinski definition) is 2. The maximum atomic E-state index is 5.38. The zero-order chi connectivity index (χ0) is 28.3. The van der Waals surface area contributed by atoms with Crippen LogP contribution in [0.15, 0.2) is 152 Å². The van der Waals surface area contributed by atoms with E-state index in [4.69, 9.17) is 4.74 Å². The largest absolute Gasteiger partial charge is 0.497 e. The fourth-order valence-electron chi connectivity index (χ4n) is 5.63. The average molecular weight is 543 g/mol. The number of para-hydroxylation sites is 3. The van der Waals surface area contributed by atoms with Crippen molar-refractivity contribution >= 4 is 51.0 Å². The van der Waals surface area contributed by atoms with Crippen LogP contribution in [-0.4, -0.2) is 11.7 Å². The number of benzene rings is 6. The van der Waals surface area contributed by atoms with Gasteiger partial charge in [0.05, 0.1) is 18.1 Å². The summed E-state index contributed by atoms with van der Waals surface area (Å²) in [6, 6.07) is 53.2. The molecule has 0 bridgehead atoms. The van der Waals surface area contributed by atoms with Crippen LogP contribution in [0.1, 0.15) is 11.1 Å². The lowest BCUT2D eigenvalue weighted by molar-refractivity contribution is 0.415. The third kappa shape index (κ3) is 4.82. The number of nitrogens with zero attached hydrogens (tertiary/aromatic N) is 2. The van der Waals surface area contributed by atoms with E-state index in [2.05, 4.69) is 161 Å². The molecule has 7 rings (SSSR count). The van der Waals surface area contributed by atoms with Crippen LogP contribution in [0.25, 0.3) is 39.6 Å². The van der Waals surface area contributed by atoms with E-state index in [1.807, 2.05) is 12.1 Å². The molecule has 0 radical (unpaired) electrons. The van der Waals surface area contributed by atoms with Crippen molar-refractivity contribution in [3.05, 3.63) is 163 Å². The minimum absolute atomic E-state index is 0.854. The van der Waals surface area contributed by atoms with E-state index >= 15 is 0 Å². The van der Waals surface area contributed by atoms with E-state index in [-0.39, 0.29) is 0 Å².